The Balaban J connectivity index is 3.36. The lowest BCUT2D eigenvalue weighted by Crippen LogP contribution is -2.14. The van der Waals surface area contributed by atoms with E-state index in [1.807, 2.05) is 0 Å². The fraction of sp³-hybridized carbons (Fsp3) is 0. The van der Waals surface area contributed by atoms with Crippen molar-refractivity contribution in [2.45, 2.75) is 0 Å². The topological polar surface area (TPSA) is 43.1 Å². The highest BCUT2D eigenvalue weighted by atomic mass is 19.2. The molecule has 0 atom stereocenters. The van der Waals surface area contributed by atoms with E-state index in [0.717, 1.165) is 6.07 Å². The number of hydrogen-bond acceptors (Lipinski definition) is 1. The molecule has 0 aliphatic rings. The molecule has 0 radical (unpaired) electrons. The van der Waals surface area contributed by atoms with Crippen LogP contribution in [0.15, 0.2) is 12.1 Å². The lowest BCUT2D eigenvalue weighted by atomic mass is 10.2. The van der Waals surface area contributed by atoms with Crippen molar-refractivity contribution < 1.29 is 18.0 Å². The Kier molecular flexibility index (Phi) is 2.03. The van der Waals surface area contributed by atoms with Gasteiger partial charge in [-0.05, 0) is 12.1 Å². The van der Waals surface area contributed by atoms with Gasteiger partial charge in [-0.1, -0.05) is 0 Å². The Morgan fingerprint density at radius 3 is 2.25 bits per heavy atom. The summed E-state index contributed by atoms with van der Waals surface area (Å²) in [5, 5.41) is 0. The molecule has 12 heavy (non-hydrogen) atoms. The van der Waals surface area contributed by atoms with E-state index < -0.39 is 28.9 Å². The van der Waals surface area contributed by atoms with Crippen LogP contribution in [0.4, 0.5) is 13.2 Å². The van der Waals surface area contributed by atoms with Crippen LogP contribution in [-0.4, -0.2) is 5.91 Å². The van der Waals surface area contributed by atoms with E-state index in [1.165, 1.54) is 0 Å². The predicted octanol–water partition coefficient (Wildman–Crippen LogP) is 1.20. The minimum absolute atomic E-state index is 0.637. The van der Waals surface area contributed by atoms with Crippen molar-refractivity contribution in [3.8, 4) is 0 Å². The molecule has 5 heteroatoms. The first-order chi connectivity index (χ1) is 5.54. The first-order valence-electron chi connectivity index (χ1n) is 2.97. The Morgan fingerprint density at radius 1 is 1.17 bits per heavy atom. The molecule has 0 aliphatic carbocycles. The molecule has 0 aromatic heterocycles. The van der Waals surface area contributed by atoms with Crippen molar-refractivity contribution >= 4 is 5.91 Å². The van der Waals surface area contributed by atoms with E-state index in [9.17, 15) is 18.0 Å². The number of rotatable bonds is 1. The van der Waals surface area contributed by atoms with E-state index in [0.29, 0.717) is 6.07 Å². The maximum atomic E-state index is 12.6. The Morgan fingerprint density at radius 2 is 1.75 bits per heavy atom. The average Bonchev–Trinajstić information content (AvgIpc) is 2.00. The summed E-state index contributed by atoms with van der Waals surface area (Å²) < 4.78 is 37.2. The predicted molar refractivity (Wildman–Crippen MR) is 34.8 cm³/mol. The van der Waals surface area contributed by atoms with Gasteiger partial charge in [-0.15, -0.1) is 0 Å². The molecule has 0 bridgehead atoms. The van der Waals surface area contributed by atoms with Crippen molar-refractivity contribution in [1.29, 1.82) is 0 Å². The van der Waals surface area contributed by atoms with Gasteiger partial charge in [-0.2, -0.15) is 0 Å². The highest BCUT2D eigenvalue weighted by Gasteiger charge is 2.16. The van der Waals surface area contributed by atoms with E-state index in [4.69, 9.17) is 0 Å². The number of amides is 1. The van der Waals surface area contributed by atoms with Gasteiger partial charge in [0.25, 0.3) is 5.91 Å². The number of benzene rings is 1. The Bertz CT molecular complexity index is 338. The summed E-state index contributed by atoms with van der Waals surface area (Å²) in [5.74, 6) is -5.72. The van der Waals surface area contributed by atoms with Gasteiger partial charge >= 0.3 is 0 Å². The molecule has 0 unspecified atom stereocenters. The number of carbonyl (C=O) groups excluding carboxylic acids is 1. The van der Waals surface area contributed by atoms with Gasteiger partial charge < -0.3 is 5.73 Å². The van der Waals surface area contributed by atoms with Crippen molar-refractivity contribution in [3.05, 3.63) is 35.1 Å². The van der Waals surface area contributed by atoms with E-state index in [2.05, 4.69) is 5.73 Å². The van der Waals surface area contributed by atoms with E-state index in [1.54, 1.807) is 0 Å². The molecule has 2 nitrogen and oxygen atoms in total. The summed E-state index contributed by atoms with van der Waals surface area (Å²) in [6.45, 7) is 0. The summed E-state index contributed by atoms with van der Waals surface area (Å²) >= 11 is 0. The standard InChI is InChI=1S/C7H4F3NO/c8-4-2-1-3(7(11)12)5(9)6(4)10/h1-2H,(H2,11,12). The fourth-order valence-electron chi connectivity index (χ4n) is 0.716. The van der Waals surface area contributed by atoms with Crippen molar-refractivity contribution in [1.82, 2.24) is 0 Å². The quantitative estimate of drug-likeness (QED) is 0.640. The van der Waals surface area contributed by atoms with Crippen LogP contribution in [0.1, 0.15) is 10.4 Å². The van der Waals surface area contributed by atoms with Crippen LogP contribution in [0.5, 0.6) is 0 Å². The maximum absolute atomic E-state index is 12.6. The Labute approximate surface area is 65.8 Å². The molecule has 0 saturated carbocycles. The molecule has 1 aromatic rings. The highest BCUT2D eigenvalue weighted by molar-refractivity contribution is 5.93. The average molecular weight is 175 g/mol. The van der Waals surface area contributed by atoms with Crippen molar-refractivity contribution in [2.24, 2.45) is 5.73 Å². The molecule has 1 rings (SSSR count). The second-order valence-corrected chi connectivity index (χ2v) is 2.09. The van der Waals surface area contributed by atoms with Crippen LogP contribution < -0.4 is 5.73 Å². The lowest BCUT2D eigenvalue weighted by Gasteiger charge is -1.98. The molecule has 64 valence electrons. The zero-order chi connectivity index (χ0) is 9.30. The minimum atomic E-state index is -1.69. The van der Waals surface area contributed by atoms with Crippen LogP contribution in [0.2, 0.25) is 0 Å². The van der Waals surface area contributed by atoms with Gasteiger partial charge in [-0.3, -0.25) is 4.79 Å². The Hall–Kier alpha value is -1.52. The summed E-state index contributed by atoms with van der Waals surface area (Å²) in [6, 6.07) is 1.43. The van der Waals surface area contributed by atoms with Gasteiger partial charge in [-0.25, -0.2) is 13.2 Å². The molecule has 0 fully saturated rings. The van der Waals surface area contributed by atoms with Gasteiger partial charge in [0.1, 0.15) is 0 Å². The molecule has 0 aliphatic heterocycles. The summed E-state index contributed by atoms with van der Waals surface area (Å²) in [7, 11) is 0. The first kappa shape index (κ1) is 8.58. The molecule has 0 saturated heterocycles. The summed E-state index contributed by atoms with van der Waals surface area (Å²) in [5.41, 5.74) is 4.01. The van der Waals surface area contributed by atoms with Crippen LogP contribution >= 0.6 is 0 Å². The maximum Gasteiger partial charge on any atom is 0.251 e. The van der Waals surface area contributed by atoms with Crippen LogP contribution in [0, 0.1) is 17.5 Å². The zero-order valence-electron chi connectivity index (χ0n) is 5.77. The molecule has 1 amide bonds. The molecular weight excluding hydrogens is 171 g/mol. The van der Waals surface area contributed by atoms with E-state index >= 15 is 0 Å². The SMILES string of the molecule is NC(=O)c1ccc(F)c(F)c1F. The van der Waals surface area contributed by atoms with Crippen LogP contribution in [-0.2, 0) is 0 Å². The van der Waals surface area contributed by atoms with E-state index in [-0.39, 0.29) is 0 Å². The third kappa shape index (κ3) is 1.25. The third-order valence-corrected chi connectivity index (χ3v) is 1.30. The minimum Gasteiger partial charge on any atom is -0.366 e. The molecule has 1 aromatic carbocycles. The number of primary amides is 1. The molecule has 2 N–H and O–H groups in total. The second-order valence-electron chi connectivity index (χ2n) is 2.09. The first-order valence-corrected chi connectivity index (χ1v) is 2.97. The third-order valence-electron chi connectivity index (χ3n) is 1.30. The zero-order valence-corrected chi connectivity index (χ0v) is 5.77. The van der Waals surface area contributed by atoms with Gasteiger partial charge in [0, 0.05) is 0 Å². The van der Waals surface area contributed by atoms with Crippen LogP contribution in [0.3, 0.4) is 0 Å². The summed E-state index contributed by atoms with van der Waals surface area (Å²) in [6.07, 6.45) is 0. The van der Waals surface area contributed by atoms with Gasteiger partial charge in [0.05, 0.1) is 5.56 Å². The molecular formula is C7H4F3NO. The molecule has 0 spiro atoms. The lowest BCUT2D eigenvalue weighted by molar-refractivity contribution is 0.0995. The number of carbonyl (C=O) groups is 1. The normalized spacial score (nSPS) is 9.92. The number of hydrogen-bond donors (Lipinski definition) is 1. The molecule has 0 heterocycles. The summed E-state index contributed by atoms with van der Waals surface area (Å²) in [4.78, 5) is 10.4. The largest absolute Gasteiger partial charge is 0.366 e. The monoisotopic (exact) mass is 175 g/mol. The fourth-order valence-corrected chi connectivity index (χ4v) is 0.716. The van der Waals surface area contributed by atoms with Crippen LogP contribution in [0.25, 0.3) is 0 Å². The smallest absolute Gasteiger partial charge is 0.251 e. The highest BCUT2D eigenvalue weighted by Crippen LogP contribution is 2.14. The number of nitrogens with two attached hydrogens (primary N) is 1. The van der Waals surface area contributed by atoms with Crippen molar-refractivity contribution in [3.63, 3.8) is 0 Å². The van der Waals surface area contributed by atoms with Gasteiger partial charge in [0.15, 0.2) is 17.5 Å². The number of halogens is 3. The second kappa shape index (κ2) is 2.84. The van der Waals surface area contributed by atoms with Gasteiger partial charge in [0.2, 0.25) is 0 Å². The van der Waals surface area contributed by atoms with Crippen molar-refractivity contribution in [2.75, 3.05) is 0 Å².